The fourth-order valence-electron chi connectivity index (χ4n) is 6.59. The number of nitrogens with one attached hydrogen (secondary N) is 2. The van der Waals surface area contributed by atoms with Crippen LogP contribution in [0.15, 0.2) is 84.9 Å². The van der Waals surface area contributed by atoms with Gasteiger partial charge < -0.3 is 9.97 Å². The molecule has 61 heavy (non-hydrogen) atoms. The monoisotopic (exact) mass is 913 g/mol. The molecule has 1 atom stereocenters. The summed E-state index contributed by atoms with van der Waals surface area (Å²) in [5.74, 6) is -33.5. The number of alkyl halides is 17. The van der Waals surface area contributed by atoms with E-state index < -0.39 is 102 Å². The Morgan fingerprint density at radius 2 is 0.836 bits per heavy atom. The van der Waals surface area contributed by atoms with Crippen LogP contribution in [0.3, 0.4) is 0 Å². The van der Waals surface area contributed by atoms with Gasteiger partial charge in [-0.1, -0.05) is 60.7 Å². The van der Waals surface area contributed by atoms with Crippen molar-refractivity contribution in [3.63, 3.8) is 0 Å². The van der Waals surface area contributed by atoms with E-state index in [0.717, 1.165) is 24.3 Å². The second-order valence-electron chi connectivity index (χ2n) is 13.4. The number of halogens is 17. The standard InChI is InChI=1S/C40H21Cl2F15N4/c41-39(54,55)37(50,51)35(46,47)33(43)31-25-13-11-21(58-25)29(19-7-3-1-4-8-19)23-15-17-27(60-23)32(34(44,45)36(48,49)38(52,53)40(42,56)57)28-18-16-24(61-28)30(20-9-5-2-6-10-20)22-12-14-26(31)59-22/h1-18,33,60-61H/i33D. The van der Waals surface area contributed by atoms with Crippen LogP contribution in [0.4, 0.5) is 65.9 Å². The molecule has 8 bridgehead atoms. The highest BCUT2D eigenvalue weighted by atomic mass is 35.5. The molecule has 0 saturated heterocycles. The molecule has 0 spiro atoms. The van der Waals surface area contributed by atoms with Crippen LogP contribution < -0.4 is 0 Å². The van der Waals surface area contributed by atoms with Crippen LogP contribution in [0, 0.1) is 0 Å². The second kappa shape index (κ2) is 14.6. The molecule has 1 unspecified atom stereocenters. The Balaban J connectivity index is 1.72. The van der Waals surface area contributed by atoms with E-state index in [0.29, 0.717) is 24.3 Å². The van der Waals surface area contributed by atoms with E-state index in [1.54, 1.807) is 0 Å². The number of H-pyrrole nitrogens is 2. The topological polar surface area (TPSA) is 57.4 Å². The van der Waals surface area contributed by atoms with Crippen LogP contribution in [-0.2, 0) is 5.92 Å². The van der Waals surface area contributed by atoms with Crippen molar-refractivity contribution in [1.29, 1.82) is 0 Å². The van der Waals surface area contributed by atoms with Gasteiger partial charge in [0.05, 0.1) is 40.7 Å². The third-order valence-electron chi connectivity index (χ3n) is 9.58. The van der Waals surface area contributed by atoms with E-state index in [1.807, 2.05) is 0 Å². The van der Waals surface area contributed by atoms with Crippen molar-refractivity contribution < 1.29 is 67.2 Å². The lowest BCUT2D eigenvalue weighted by Gasteiger charge is -2.34. The third kappa shape index (κ3) is 6.93. The molecular formula is C40H21Cl2F15N4. The van der Waals surface area contributed by atoms with Crippen LogP contribution in [0.2, 0.25) is 0 Å². The molecule has 5 heterocycles. The maximum Gasteiger partial charge on any atom is 0.393 e. The summed E-state index contributed by atoms with van der Waals surface area (Å²) in [6.07, 6.45) is -2.35. The van der Waals surface area contributed by atoms with Gasteiger partial charge in [-0.15, -0.1) is 0 Å². The van der Waals surface area contributed by atoms with Crippen molar-refractivity contribution in [2.45, 2.75) is 46.5 Å². The zero-order chi connectivity index (χ0) is 45.6. The zero-order valence-electron chi connectivity index (χ0n) is 30.7. The number of aromatic nitrogens is 4. The summed E-state index contributed by atoms with van der Waals surface area (Å²) < 4.78 is 234. The van der Waals surface area contributed by atoms with E-state index in [-0.39, 0.29) is 22.3 Å². The lowest BCUT2D eigenvalue weighted by atomic mass is 9.96. The van der Waals surface area contributed by atoms with E-state index in [9.17, 15) is 35.1 Å². The number of hydrogen-bond acceptors (Lipinski definition) is 2. The first kappa shape index (κ1) is 42.3. The van der Waals surface area contributed by atoms with Gasteiger partial charge in [-0.2, -0.15) is 61.5 Å². The predicted octanol–water partition coefficient (Wildman–Crippen LogP) is 14.3. The average molecular weight is 915 g/mol. The van der Waals surface area contributed by atoms with E-state index in [2.05, 4.69) is 43.1 Å². The maximum atomic E-state index is 16.7. The summed E-state index contributed by atoms with van der Waals surface area (Å²) in [6.45, 7) is 0. The van der Waals surface area contributed by atoms with Crippen LogP contribution in [0.25, 0.3) is 68.6 Å². The Morgan fingerprint density at radius 3 is 1.21 bits per heavy atom. The summed E-state index contributed by atoms with van der Waals surface area (Å²) in [4.78, 5) is 12.8. The molecule has 0 saturated carbocycles. The molecule has 0 aliphatic carbocycles. The molecule has 4 nitrogen and oxygen atoms in total. The Labute approximate surface area is 343 Å². The van der Waals surface area contributed by atoms with Gasteiger partial charge in [0.2, 0.25) is 0 Å². The van der Waals surface area contributed by atoms with Gasteiger partial charge in [0.1, 0.15) is 0 Å². The van der Waals surface area contributed by atoms with Crippen LogP contribution in [0.1, 0.15) is 41.4 Å². The van der Waals surface area contributed by atoms with Crippen molar-refractivity contribution in [1.82, 2.24) is 19.9 Å². The summed E-state index contributed by atoms with van der Waals surface area (Å²) in [6, 6.07) is 16.8. The summed E-state index contributed by atoms with van der Waals surface area (Å²) in [5, 5.41) is -12.3. The molecule has 2 aromatic carbocycles. The number of hydrogen-bond donors (Lipinski definition) is 2. The number of benzene rings is 2. The number of rotatable bonds is 10. The highest BCUT2D eigenvalue weighted by molar-refractivity contribution is 6.22. The quantitative estimate of drug-likeness (QED) is 0.106. The van der Waals surface area contributed by atoms with Crippen LogP contribution >= 0.6 is 23.2 Å². The Bertz CT molecular complexity index is 2660. The summed E-state index contributed by atoms with van der Waals surface area (Å²) in [7, 11) is 0. The van der Waals surface area contributed by atoms with Crippen molar-refractivity contribution in [3.8, 4) is 22.3 Å². The minimum absolute atomic E-state index is 0.0224. The molecule has 5 aromatic rings. The molecule has 0 fully saturated rings. The highest BCUT2D eigenvalue weighted by Crippen LogP contribution is 2.59. The molecule has 2 N–H and O–H groups in total. The third-order valence-corrected chi connectivity index (χ3v) is 10.1. The van der Waals surface area contributed by atoms with Crippen molar-refractivity contribution >= 4 is 69.6 Å². The first-order chi connectivity index (χ1) is 28.6. The van der Waals surface area contributed by atoms with Crippen molar-refractivity contribution in [2.24, 2.45) is 0 Å². The van der Waals surface area contributed by atoms with Gasteiger partial charge in [0.15, 0.2) is 6.15 Å². The van der Waals surface area contributed by atoms with Gasteiger partial charge in [0.25, 0.3) is 0 Å². The summed E-state index contributed by atoms with van der Waals surface area (Å²) >= 11 is 8.62. The second-order valence-corrected chi connectivity index (χ2v) is 14.4. The molecule has 0 amide bonds. The molecule has 2 aliphatic heterocycles. The minimum Gasteiger partial charge on any atom is -0.354 e. The largest absolute Gasteiger partial charge is 0.393 e. The zero-order valence-corrected chi connectivity index (χ0v) is 31.2. The number of aromatic amines is 2. The van der Waals surface area contributed by atoms with Gasteiger partial charge in [-0.05, 0) is 82.9 Å². The van der Waals surface area contributed by atoms with Gasteiger partial charge in [0, 0.05) is 27.7 Å². The first-order valence-corrected chi connectivity index (χ1v) is 17.8. The lowest BCUT2D eigenvalue weighted by molar-refractivity contribution is -0.352. The summed E-state index contributed by atoms with van der Waals surface area (Å²) in [5.41, 5.74) is -10.6. The molecular weight excluding hydrogens is 892 g/mol. The van der Waals surface area contributed by atoms with E-state index in [4.69, 9.17) is 1.37 Å². The SMILES string of the molecule is [2H]C(F)(c1c2nc(c(-c3ccccc3)c3ccc([nH]3)c(C(F)(F)C(F)(F)C(F)(F)C(F)(F)Cl)c3ccc([nH]3)c(-c3ccccc3)c3nc1C=C3)C=C2)C(F)(F)C(F)(F)C(F)(F)Cl. The fraction of sp³-hybridized carbons (Fsp3) is 0.200. The number of fused-ring (bicyclic) bond motifs is 8. The van der Waals surface area contributed by atoms with E-state index in [1.165, 1.54) is 60.7 Å². The molecule has 7 rings (SSSR count). The van der Waals surface area contributed by atoms with Crippen molar-refractivity contribution in [2.75, 3.05) is 0 Å². The van der Waals surface area contributed by atoms with Gasteiger partial charge in [-0.25, -0.2) is 14.4 Å². The Morgan fingerprint density at radius 1 is 0.475 bits per heavy atom. The molecule has 2 aliphatic rings. The first-order valence-electron chi connectivity index (χ1n) is 17.6. The number of nitrogens with zero attached hydrogens (tertiary/aromatic N) is 2. The predicted molar refractivity (Wildman–Crippen MR) is 199 cm³/mol. The van der Waals surface area contributed by atoms with Crippen LogP contribution in [-0.4, -0.2) is 54.4 Å². The van der Waals surface area contributed by atoms with E-state index >= 15 is 30.7 Å². The normalized spacial score (nSPS) is 15.5. The Hall–Kier alpha value is -5.43. The average Bonchev–Trinajstić information content (AvgIpc) is 4.02. The van der Waals surface area contributed by atoms with Gasteiger partial charge >= 0.3 is 40.4 Å². The molecule has 320 valence electrons. The Kier molecular flexibility index (Phi) is 10.1. The highest BCUT2D eigenvalue weighted by Gasteiger charge is 2.81. The van der Waals surface area contributed by atoms with Gasteiger partial charge in [-0.3, -0.25) is 0 Å². The van der Waals surface area contributed by atoms with Crippen LogP contribution in [0.5, 0.6) is 0 Å². The fourth-order valence-corrected chi connectivity index (χ4v) is 6.83. The maximum absolute atomic E-state index is 16.7. The molecule has 21 heteroatoms. The van der Waals surface area contributed by atoms with Crippen molar-refractivity contribution in [3.05, 3.63) is 119 Å². The minimum atomic E-state index is -6.94. The molecule has 3 aromatic heterocycles. The lowest BCUT2D eigenvalue weighted by Crippen LogP contribution is -2.59. The molecule has 0 radical (unpaired) electrons. The smallest absolute Gasteiger partial charge is 0.354 e.